The van der Waals surface area contributed by atoms with E-state index in [1.807, 2.05) is 37.8 Å². The molecule has 0 aromatic heterocycles. The highest BCUT2D eigenvalue weighted by atomic mass is 16.1. The molecule has 1 aliphatic carbocycles. The molecule has 1 aliphatic rings. The number of allylic oxidation sites excluding steroid dienone is 2. The molecular formula is C15H17NO2. The number of carbonyl (C=O) groups excluding carboxylic acids is 2. The highest BCUT2D eigenvalue weighted by Gasteiger charge is 2.28. The number of rotatable bonds is 3. The molecule has 0 unspecified atom stereocenters. The highest BCUT2D eigenvalue weighted by Crippen LogP contribution is 2.25. The average Bonchev–Trinajstić information content (AvgIpc) is 2.36. The molecule has 3 nitrogen and oxygen atoms in total. The number of fused-ring (bicyclic) bond motifs is 1. The molecule has 0 saturated carbocycles. The second-order valence-electron chi connectivity index (χ2n) is 4.39. The maximum Gasteiger partial charge on any atom is 0.209 e. The van der Waals surface area contributed by atoms with Crippen LogP contribution in [0.25, 0.3) is 0 Å². The summed E-state index contributed by atoms with van der Waals surface area (Å²) in [6, 6.07) is 5.42. The van der Waals surface area contributed by atoms with Gasteiger partial charge in [-0.3, -0.25) is 9.59 Å². The third-order valence-corrected chi connectivity index (χ3v) is 3.37. The van der Waals surface area contributed by atoms with Crippen molar-refractivity contribution in [2.75, 3.05) is 13.1 Å². The number of nitrogens with zero attached hydrogens (tertiary/aromatic N) is 1. The first-order valence-electron chi connectivity index (χ1n) is 6.25. The lowest BCUT2D eigenvalue weighted by molar-refractivity contribution is 0.0953. The Morgan fingerprint density at radius 2 is 1.78 bits per heavy atom. The molecule has 18 heavy (non-hydrogen) atoms. The molecular weight excluding hydrogens is 226 g/mol. The van der Waals surface area contributed by atoms with Crippen molar-refractivity contribution < 1.29 is 9.59 Å². The normalized spacial score (nSPS) is 14.3. The second kappa shape index (κ2) is 4.77. The molecule has 0 radical (unpaired) electrons. The summed E-state index contributed by atoms with van der Waals surface area (Å²) < 4.78 is 0. The molecule has 0 N–H and O–H groups in total. The van der Waals surface area contributed by atoms with Crippen molar-refractivity contribution >= 4 is 11.6 Å². The van der Waals surface area contributed by atoms with E-state index in [1.54, 1.807) is 6.07 Å². The van der Waals surface area contributed by atoms with Crippen molar-refractivity contribution in [3.63, 3.8) is 0 Å². The van der Waals surface area contributed by atoms with Gasteiger partial charge in [-0.25, -0.2) is 0 Å². The van der Waals surface area contributed by atoms with Gasteiger partial charge in [0.25, 0.3) is 0 Å². The zero-order valence-corrected chi connectivity index (χ0v) is 11.0. The Morgan fingerprint density at radius 3 is 2.39 bits per heavy atom. The predicted octanol–water partition coefficient (Wildman–Crippen LogP) is 2.60. The van der Waals surface area contributed by atoms with Crippen LogP contribution in [0.5, 0.6) is 0 Å². The Balaban J connectivity index is 2.54. The number of benzene rings is 1. The minimum absolute atomic E-state index is 0.0444. The van der Waals surface area contributed by atoms with Gasteiger partial charge in [-0.15, -0.1) is 0 Å². The molecule has 3 heteroatoms. The summed E-state index contributed by atoms with van der Waals surface area (Å²) in [5.74, 6) is -0.110. The largest absolute Gasteiger partial charge is 0.369 e. The molecule has 1 aromatic rings. The molecule has 0 spiro atoms. The summed E-state index contributed by atoms with van der Waals surface area (Å²) in [5, 5.41) is 0. The Hall–Kier alpha value is -1.90. The standard InChI is InChI=1S/C15H17NO2/c1-4-16(5-2)12-9-13(17)14-10(3)7-6-8-11(14)15(12)18/h6-9H,4-5H2,1-3H3. The van der Waals surface area contributed by atoms with Crippen LogP contribution in [0.1, 0.15) is 40.1 Å². The summed E-state index contributed by atoms with van der Waals surface area (Å²) in [4.78, 5) is 26.5. The van der Waals surface area contributed by atoms with Crippen LogP contribution >= 0.6 is 0 Å². The highest BCUT2D eigenvalue weighted by molar-refractivity contribution is 6.24. The number of likely N-dealkylation sites (N-methyl/N-ethyl adjacent to an activating group) is 1. The minimum atomic E-state index is -0.0652. The van der Waals surface area contributed by atoms with Crippen molar-refractivity contribution in [1.82, 2.24) is 4.90 Å². The van der Waals surface area contributed by atoms with Crippen molar-refractivity contribution in [1.29, 1.82) is 0 Å². The Morgan fingerprint density at radius 1 is 1.11 bits per heavy atom. The first kappa shape index (κ1) is 12.6. The zero-order valence-electron chi connectivity index (χ0n) is 11.0. The van der Waals surface area contributed by atoms with Crippen LogP contribution in [-0.2, 0) is 0 Å². The lowest BCUT2D eigenvalue weighted by atomic mass is 9.89. The summed E-state index contributed by atoms with van der Waals surface area (Å²) in [6.45, 7) is 7.27. The van der Waals surface area contributed by atoms with Crippen LogP contribution in [0.2, 0.25) is 0 Å². The van der Waals surface area contributed by atoms with Crippen molar-refractivity contribution in [2.45, 2.75) is 20.8 Å². The van der Waals surface area contributed by atoms with E-state index in [9.17, 15) is 9.59 Å². The third-order valence-electron chi connectivity index (χ3n) is 3.37. The zero-order chi connectivity index (χ0) is 13.3. The van der Waals surface area contributed by atoms with Crippen LogP contribution in [0.15, 0.2) is 30.0 Å². The average molecular weight is 243 g/mol. The number of carbonyl (C=O) groups is 2. The van der Waals surface area contributed by atoms with Crippen LogP contribution in [0, 0.1) is 6.92 Å². The van der Waals surface area contributed by atoms with E-state index in [4.69, 9.17) is 0 Å². The third kappa shape index (κ3) is 1.86. The number of ketones is 2. The number of hydrogen-bond donors (Lipinski definition) is 0. The molecule has 0 saturated heterocycles. The van der Waals surface area contributed by atoms with E-state index in [-0.39, 0.29) is 11.6 Å². The fraction of sp³-hybridized carbons (Fsp3) is 0.333. The Labute approximate surface area is 107 Å². The predicted molar refractivity (Wildman–Crippen MR) is 70.8 cm³/mol. The van der Waals surface area contributed by atoms with Gasteiger partial charge in [0.05, 0.1) is 5.70 Å². The lowest BCUT2D eigenvalue weighted by Crippen LogP contribution is -2.31. The van der Waals surface area contributed by atoms with E-state index in [2.05, 4.69) is 0 Å². The fourth-order valence-corrected chi connectivity index (χ4v) is 2.38. The Kier molecular flexibility index (Phi) is 3.32. The molecule has 1 aromatic carbocycles. The number of Topliss-reactive ketones (excluding diaryl/α,β-unsaturated/α-hetero) is 1. The molecule has 0 amide bonds. The van der Waals surface area contributed by atoms with Crippen LogP contribution in [-0.4, -0.2) is 29.6 Å². The van der Waals surface area contributed by atoms with Crippen molar-refractivity contribution in [2.24, 2.45) is 0 Å². The lowest BCUT2D eigenvalue weighted by Gasteiger charge is -2.26. The van der Waals surface area contributed by atoms with Gasteiger partial charge in [-0.05, 0) is 26.3 Å². The monoisotopic (exact) mass is 243 g/mol. The molecule has 94 valence electrons. The van der Waals surface area contributed by atoms with Gasteiger partial charge in [0.2, 0.25) is 5.78 Å². The van der Waals surface area contributed by atoms with Crippen molar-refractivity contribution in [3.8, 4) is 0 Å². The van der Waals surface area contributed by atoms with Gasteiger partial charge in [0, 0.05) is 30.3 Å². The quantitative estimate of drug-likeness (QED) is 0.819. The van der Waals surface area contributed by atoms with Gasteiger partial charge in [0.1, 0.15) is 0 Å². The smallest absolute Gasteiger partial charge is 0.209 e. The topological polar surface area (TPSA) is 37.4 Å². The number of hydrogen-bond acceptors (Lipinski definition) is 3. The molecule has 0 fully saturated rings. The van der Waals surface area contributed by atoms with Gasteiger partial charge < -0.3 is 4.90 Å². The SMILES string of the molecule is CCN(CC)C1=CC(=O)c2c(C)cccc2C1=O. The van der Waals surface area contributed by atoms with Gasteiger partial charge in [-0.1, -0.05) is 18.2 Å². The van der Waals surface area contributed by atoms with Crippen LogP contribution in [0.4, 0.5) is 0 Å². The van der Waals surface area contributed by atoms with Crippen molar-refractivity contribution in [3.05, 3.63) is 46.7 Å². The van der Waals surface area contributed by atoms with Crippen LogP contribution < -0.4 is 0 Å². The molecule has 2 rings (SSSR count). The van der Waals surface area contributed by atoms with Gasteiger partial charge >= 0.3 is 0 Å². The van der Waals surface area contributed by atoms with Gasteiger partial charge in [-0.2, -0.15) is 0 Å². The first-order chi connectivity index (χ1) is 8.60. The molecule has 0 bridgehead atoms. The van der Waals surface area contributed by atoms with Crippen LogP contribution in [0.3, 0.4) is 0 Å². The summed E-state index contributed by atoms with van der Waals surface area (Å²) in [5.41, 5.74) is 2.46. The molecule has 0 atom stereocenters. The maximum absolute atomic E-state index is 12.4. The van der Waals surface area contributed by atoms with E-state index >= 15 is 0 Å². The fourth-order valence-electron chi connectivity index (χ4n) is 2.38. The summed E-state index contributed by atoms with van der Waals surface area (Å²) in [6.07, 6.45) is 1.48. The Bertz CT molecular complexity index is 539. The van der Waals surface area contributed by atoms with E-state index in [0.29, 0.717) is 16.8 Å². The van der Waals surface area contributed by atoms with E-state index in [0.717, 1.165) is 18.7 Å². The number of aryl methyl sites for hydroxylation is 1. The maximum atomic E-state index is 12.4. The van der Waals surface area contributed by atoms with E-state index in [1.165, 1.54) is 6.08 Å². The van der Waals surface area contributed by atoms with Gasteiger partial charge in [0.15, 0.2) is 5.78 Å². The first-order valence-corrected chi connectivity index (χ1v) is 6.25. The summed E-state index contributed by atoms with van der Waals surface area (Å²) >= 11 is 0. The minimum Gasteiger partial charge on any atom is -0.369 e. The van der Waals surface area contributed by atoms with E-state index < -0.39 is 0 Å². The molecule has 0 aliphatic heterocycles. The molecule has 0 heterocycles. The summed E-state index contributed by atoms with van der Waals surface area (Å²) in [7, 11) is 0. The second-order valence-corrected chi connectivity index (χ2v) is 4.39.